The van der Waals surface area contributed by atoms with Gasteiger partial charge in [-0.3, -0.25) is 4.21 Å². The van der Waals surface area contributed by atoms with Gasteiger partial charge in [-0.05, 0) is 31.2 Å². The molecule has 1 aliphatic rings. The number of benzene rings is 1. The maximum absolute atomic E-state index is 11.3. The van der Waals surface area contributed by atoms with E-state index in [-0.39, 0.29) is 0 Å². The third kappa shape index (κ3) is 4.43. The van der Waals surface area contributed by atoms with Crippen LogP contribution in [0.5, 0.6) is 0 Å². The van der Waals surface area contributed by atoms with Crippen LogP contribution in [0.4, 0.5) is 0 Å². The van der Waals surface area contributed by atoms with E-state index in [9.17, 15) is 4.21 Å². The van der Waals surface area contributed by atoms with E-state index in [1.807, 2.05) is 0 Å². The highest BCUT2D eigenvalue weighted by Crippen LogP contribution is 2.33. The topological polar surface area (TPSA) is 29.1 Å². The minimum Gasteiger partial charge on any atom is -0.310 e. The van der Waals surface area contributed by atoms with Gasteiger partial charge >= 0.3 is 0 Å². The zero-order valence-electron chi connectivity index (χ0n) is 12.0. The Bertz CT molecular complexity index is 406. The van der Waals surface area contributed by atoms with Crippen molar-refractivity contribution in [2.75, 3.05) is 12.0 Å². The molecular formula is C16H25NOS. The first-order valence-electron chi connectivity index (χ1n) is 7.28. The van der Waals surface area contributed by atoms with Crippen molar-refractivity contribution < 1.29 is 4.21 Å². The molecule has 106 valence electrons. The summed E-state index contributed by atoms with van der Waals surface area (Å²) in [6, 6.07) is 11.7. The first-order chi connectivity index (χ1) is 9.16. The fourth-order valence-electron chi connectivity index (χ4n) is 3.20. The molecule has 1 N–H and O–H groups in total. The van der Waals surface area contributed by atoms with Gasteiger partial charge in [-0.25, -0.2) is 0 Å². The Labute approximate surface area is 119 Å². The van der Waals surface area contributed by atoms with Gasteiger partial charge in [-0.15, -0.1) is 0 Å². The SMILES string of the molecule is CC(CS(C)=O)NC1CCCCC1c1ccccc1. The summed E-state index contributed by atoms with van der Waals surface area (Å²) >= 11 is 0. The van der Waals surface area contributed by atoms with E-state index in [1.165, 1.54) is 31.2 Å². The lowest BCUT2D eigenvalue weighted by Gasteiger charge is -2.34. The zero-order valence-corrected chi connectivity index (χ0v) is 12.8. The van der Waals surface area contributed by atoms with Crippen LogP contribution in [0.3, 0.4) is 0 Å². The lowest BCUT2D eigenvalue weighted by atomic mass is 9.80. The Morgan fingerprint density at radius 1 is 1.26 bits per heavy atom. The van der Waals surface area contributed by atoms with Crippen LogP contribution in [-0.4, -0.2) is 28.3 Å². The van der Waals surface area contributed by atoms with Crippen molar-refractivity contribution in [2.24, 2.45) is 0 Å². The third-order valence-corrected chi connectivity index (χ3v) is 4.95. The van der Waals surface area contributed by atoms with Gasteiger partial charge in [0.1, 0.15) is 0 Å². The summed E-state index contributed by atoms with van der Waals surface area (Å²) in [5.41, 5.74) is 1.45. The van der Waals surface area contributed by atoms with E-state index in [0.717, 1.165) is 5.75 Å². The van der Waals surface area contributed by atoms with Gasteiger partial charge in [0, 0.05) is 34.9 Å². The molecule has 4 atom stereocenters. The second-order valence-electron chi connectivity index (χ2n) is 5.72. The molecule has 2 rings (SSSR count). The number of hydrogen-bond donors (Lipinski definition) is 1. The van der Waals surface area contributed by atoms with Crippen molar-refractivity contribution >= 4 is 10.8 Å². The van der Waals surface area contributed by atoms with Crippen molar-refractivity contribution in [1.29, 1.82) is 0 Å². The maximum atomic E-state index is 11.3. The van der Waals surface area contributed by atoms with Crippen LogP contribution in [0.25, 0.3) is 0 Å². The summed E-state index contributed by atoms with van der Waals surface area (Å²) in [7, 11) is -0.718. The van der Waals surface area contributed by atoms with Gasteiger partial charge < -0.3 is 5.32 Å². The molecule has 0 bridgehead atoms. The number of hydrogen-bond acceptors (Lipinski definition) is 2. The summed E-state index contributed by atoms with van der Waals surface area (Å²) in [6.45, 7) is 2.15. The molecule has 0 radical (unpaired) electrons. The van der Waals surface area contributed by atoms with E-state index < -0.39 is 10.8 Å². The summed E-state index contributed by atoms with van der Waals surface area (Å²) in [5, 5.41) is 3.71. The lowest BCUT2D eigenvalue weighted by molar-refractivity contribution is 0.311. The van der Waals surface area contributed by atoms with E-state index in [1.54, 1.807) is 6.26 Å². The van der Waals surface area contributed by atoms with Crippen molar-refractivity contribution in [3.05, 3.63) is 35.9 Å². The van der Waals surface area contributed by atoms with Gasteiger partial charge in [0.25, 0.3) is 0 Å². The Morgan fingerprint density at radius 2 is 1.95 bits per heavy atom. The maximum Gasteiger partial charge on any atom is 0.0383 e. The molecule has 1 aromatic carbocycles. The second kappa shape index (κ2) is 7.20. The van der Waals surface area contributed by atoms with Crippen LogP contribution >= 0.6 is 0 Å². The Morgan fingerprint density at radius 3 is 2.63 bits per heavy atom. The molecule has 2 nitrogen and oxygen atoms in total. The summed E-state index contributed by atoms with van der Waals surface area (Å²) < 4.78 is 11.3. The molecule has 0 heterocycles. The number of nitrogens with one attached hydrogen (secondary N) is 1. The highest BCUT2D eigenvalue weighted by molar-refractivity contribution is 7.84. The highest BCUT2D eigenvalue weighted by atomic mass is 32.2. The molecule has 1 aromatic rings. The monoisotopic (exact) mass is 279 g/mol. The predicted octanol–water partition coefficient (Wildman–Crippen LogP) is 3.07. The quantitative estimate of drug-likeness (QED) is 0.897. The zero-order chi connectivity index (χ0) is 13.7. The van der Waals surface area contributed by atoms with Crippen LogP contribution in [0, 0.1) is 0 Å². The fourth-order valence-corrected chi connectivity index (χ4v) is 4.00. The predicted molar refractivity (Wildman–Crippen MR) is 83.0 cm³/mol. The third-order valence-electron chi connectivity index (χ3n) is 3.98. The minimum atomic E-state index is -0.718. The van der Waals surface area contributed by atoms with Crippen LogP contribution in [0.2, 0.25) is 0 Å². The first kappa shape index (κ1) is 14.7. The molecule has 1 saturated carbocycles. The van der Waals surface area contributed by atoms with Crippen molar-refractivity contribution in [2.45, 2.75) is 50.6 Å². The molecule has 1 aliphatic carbocycles. The second-order valence-corrected chi connectivity index (χ2v) is 7.20. The molecule has 0 spiro atoms. The van der Waals surface area contributed by atoms with Crippen LogP contribution in [0.15, 0.2) is 30.3 Å². The summed E-state index contributed by atoms with van der Waals surface area (Å²) in [4.78, 5) is 0. The van der Waals surface area contributed by atoms with Gasteiger partial charge in [0.2, 0.25) is 0 Å². The molecule has 3 heteroatoms. The molecule has 0 aliphatic heterocycles. The summed E-state index contributed by atoms with van der Waals surface area (Å²) in [5.74, 6) is 1.36. The molecule has 0 aromatic heterocycles. The fraction of sp³-hybridized carbons (Fsp3) is 0.625. The smallest absolute Gasteiger partial charge is 0.0383 e. The Hall–Kier alpha value is -0.670. The van der Waals surface area contributed by atoms with Gasteiger partial charge in [-0.2, -0.15) is 0 Å². The van der Waals surface area contributed by atoms with Crippen molar-refractivity contribution in [1.82, 2.24) is 5.32 Å². The van der Waals surface area contributed by atoms with E-state index in [0.29, 0.717) is 18.0 Å². The summed E-state index contributed by atoms with van der Waals surface area (Å²) in [6.07, 6.45) is 6.92. The standard InChI is InChI=1S/C16H25NOS/c1-13(12-19(2)18)17-16-11-7-6-10-15(16)14-8-4-3-5-9-14/h3-5,8-9,13,15-17H,6-7,10-12H2,1-2H3. The van der Waals surface area contributed by atoms with Crippen LogP contribution in [0.1, 0.15) is 44.1 Å². The molecule has 19 heavy (non-hydrogen) atoms. The van der Waals surface area contributed by atoms with Crippen molar-refractivity contribution in [3.8, 4) is 0 Å². The van der Waals surface area contributed by atoms with Gasteiger partial charge in [-0.1, -0.05) is 43.2 Å². The highest BCUT2D eigenvalue weighted by Gasteiger charge is 2.27. The lowest BCUT2D eigenvalue weighted by Crippen LogP contribution is -2.44. The largest absolute Gasteiger partial charge is 0.310 e. The molecule has 4 unspecified atom stereocenters. The molecule has 0 saturated heterocycles. The molecular weight excluding hydrogens is 254 g/mol. The normalized spacial score (nSPS) is 26.8. The average molecular weight is 279 g/mol. The Kier molecular flexibility index (Phi) is 5.59. The van der Waals surface area contributed by atoms with E-state index in [2.05, 4.69) is 42.6 Å². The van der Waals surface area contributed by atoms with Crippen LogP contribution in [-0.2, 0) is 10.8 Å². The van der Waals surface area contributed by atoms with Gasteiger partial charge in [0.15, 0.2) is 0 Å². The van der Waals surface area contributed by atoms with Gasteiger partial charge in [0.05, 0.1) is 0 Å². The molecule has 0 amide bonds. The first-order valence-corrected chi connectivity index (χ1v) is 9.00. The minimum absolute atomic E-state index is 0.333. The number of rotatable bonds is 5. The molecule has 1 fully saturated rings. The van der Waals surface area contributed by atoms with Crippen molar-refractivity contribution in [3.63, 3.8) is 0 Å². The average Bonchev–Trinajstić information content (AvgIpc) is 2.39. The van der Waals surface area contributed by atoms with E-state index in [4.69, 9.17) is 0 Å². The van der Waals surface area contributed by atoms with E-state index >= 15 is 0 Å². The Balaban J connectivity index is 2.02. The van der Waals surface area contributed by atoms with Crippen LogP contribution < -0.4 is 5.32 Å².